The molecule has 0 radical (unpaired) electrons. The van der Waals surface area contributed by atoms with E-state index in [1.807, 2.05) is 18.2 Å². The molecule has 3 rings (SSSR count). The minimum Gasteiger partial charge on any atom is -0.481 e. The van der Waals surface area contributed by atoms with Gasteiger partial charge in [0.05, 0.1) is 5.92 Å². The second-order valence-electron chi connectivity index (χ2n) is 5.10. The van der Waals surface area contributed by atoms with Crippen LogP contribution in [0.25, 0.3) is 0 Å². The Kier molecular flexibility index (Phi) is 3.29. The summed E-state index contributed by atoms with van der Waals surface area (Å²) in [6, 6.07) is 5.90. The molecule has 1 unspecified atom stereocenters. The quantitative estimate of drug-likeness (QED) is 0.899. The van der Waals surface area contributed by atoms with Gasteiger partial charge < -0.3 is 14.6 Å². The first-order valence-electron chi connectivity index (χ1n) is 6.56. The molecule has 1 fully saturated rings. The SMILES string of the molecule is O=C(O)C1CCCN(Cc2ccc3c(c2)OCO3)C1. The van der Waals surface area contributed by atoms with Crippen LogP contribution in [0.15, 0.2) is 18.2 Å². The largest absolute Gasteiger partial charge is 0.481 e. The van der Waals surface area contributed by atoms with Gasteiger partial charge in [-0.05, 0) is 37.1 Å². The van der Waals surface area contributed by atoms with Gasteiger partial charge in [-0.3, -0.25) is 9.69 Å². The number of piperidine rings is 1. The highest BCUT2D eigenvalue weighted by molar-refractivity contribution is 5.70. The first kappa shape index (κ1) is 12.3. The van der Waals surface area contributed by atoms with Crippen LogP contribution in [0.4, 0.5) is 0 Å². The van der Waals surface area contributed by atoms with E-state index in [4.69, 9.17) is 14.6 Å². The summed E-state index contributed by atoms with van der Waals surface area (Å²) < 4.78 is 10.6. The van der Waals surface area contributed by atoms with Crippen molar-refractivity contribution in [3.05, 3.63) is 23.8 Å². The lowest BCUT2D eigenvalue weighted by Gasteiger charge is -2.30. The molecule has 5 heteroatoms. The fourth-order valence-corrected chi connectivity index (χ4v) is 2.70. The summed E-state index contributed by atoms with van der Waals surface area (Å²) in [5, 5.41) is 9.09. The smallest absolute Gasteiger partial charge is 0.307 e. The fraction of sp³-hybridized carbons (Fsp3) is 0.500. The van der Waals surface area contributed by atoms with Gasteiger partial charge in [0.2, 0.25) is 6.79 Å². The zero-order valence-corrected chi connectivity index (χ0v) is 10.7. The first-order chi connectivity index (χ1) is 9.22. The zero-order valence-electron chi connectivity index (χ0n) is 10.7. The average molecular weight is 263 g/mol. The Morgan fingerprint density at radius 2 is 2.21 bits per heavy atom. The molecule has 2 aliphatic heterocycles. The van der Waals surface area contributed by atoms with Crippen LogP contribution in [0.3, 0.4) is 0 Å². The van der Waals surface area contributed by atoms with Crippen LogP contribution in [-0.2, 0) is 11.3 Å². The van der Waals surface area contributed by atoms with Crippen molar-refractivity contribution >= 4 is 5.97 Å². The molecule has 102 valence electrons. The molecule has 1 aromatic carbocycles. The molecule has 0 aliphatic carbocycles. The minimum atomic E-state index is -0.685. The van der Waals surface area contributed by atoms with Crippen molar-refractivity contribution in [1.29, 1.82) is 0 Å². The highest BCUT2D eigenvalue weighted by atomic mass is 16.7. The number of hydrogen-bond acceptors (Lipinski definition) is 4. The van der Waals surface area contributed by atoms with Crippen LogP contribution >= 0.6 is 0 Å². The second kappa shape index (κ2) is 5.09. The van der Waals surface area contributed by atoms with E-state index in [1.54, 1.807) is 0 Å². The Balaban J connectivity index is 1.66. The maximum absolute atomic E-state index is 11.0. The molecule has 1 atom stereocenters. The number of hydrogen-bond donors (Lipinski definition) is 1. The van der Waals surface area contributed by atoms with Crippen LogP contribution in [0.2, 0.25) is 0 Å². The number of carbonyl (C=O) groups is 1. The molecule has 2 heterocycles. The zero-order chi connectivity index (χ0) is 13.2. The number of nitrogens with zero attached hydrogens (tertiary/aromatic N) is 1. The van der Waals surface area contributed by atoms with E-state index in [9.17, 15) is 4.79 Å². The van der Waals surface area contributed by atoms with E-state index in [2.05, 4.69) is 4.90 Å². The molecule has 0 bridgehead atoms. The van der Waals surface area contributed by atoms with Crippen molar-refractivity contribution in [3.63, 3.8) is 0 Å². The number of carboxylic acids is 1. The monoisotopic (exact) mass is 263 g/mol. The van der Waals surface area contributed by atoms with Crippen LogP contribution in [0.5, 0.6) is 11.5 Å². The van der Waals surface area contributed by atoms with Crippen molar-refractivity contribution in [2.75, 3.05) is 19.9 Å². The highest BCUT2D eigenvalue weighted by Gasteiger charge is 2.25. The van der Waals surface area contributed by atoms with E-state index in [0.29, 0.717) is 6.54 Å². The fourth-order valence-electron chi connectivity index (χ4n) is 2.70. The molecule has 2 aliphatic rings. The molecule has 1 N–H and O–H groups in total. The Labute approximate surface area is 111 Å². The van der Waals surface area contributed by atoms with Crippen LogP contribution < -0.4 is 9.47 Å². The summed E-state index contributed by atoms with van der Waals surface area (Å²) >= 11 is 0. The highest BCUT2D eigenvalue weighted by Crippen LogP contribution is 2.33. The Morgan fingerprint density at radius 1 is 1.37 bits per heavy atom. The lowest BCUT2D eigenvalue weighted by Crippen LogP contribution is -2.38. The number of ether oxygens (including phenoxy) is 2. The molecule has 19 heavy (non-hydrogen) atoms. The molecule has 5 nitrogen and oxygen atoms in total. The molecule has 1 aromatic rings. The van der Waals surface area contributed by atoms with Gasteiger partial charge in [-0.2, -0.15) is 0 Å². The molecule has 1 saturated heterocycles. The average Bonchev–Trinajstić information content (AvgIpc) is 2.86. The minimum absolute atomic E-state index is 0.234. The first-order valence-corrected chi connectivity index (χ1v) is 6.56. The van der Waals surface area contributed by atoms with Gasteiger partial charge in [0, 0.05) is 13.1 Å². The van der Waals surface area contributed by atoms with Gasteiger partial charge in [0.15, 0.2) is 11.5 Å². The third kappa shape index (κ3) is 2.66. The summed E-state index contributed by atoms with van der Waals surface area (Å²) in [6.45, 7) is 2.63. The summed E-state index contributed by atoms with van der Waals surface area (Å²) in [6.07, 6.45) is 1.73. The van der Waals surface area contributed by atoms with Crippen LogP contribution in [-0.4, -0.2) is 35.9 Å². The number of aliphatic carboxylic acids is 1. The maximum Gasteiger partial charge on any atom is 0.307 e. The summed E-state index contributed by atoms with van der Waals surface area (Å²) in [5.41, 5.74) is 1.13. The van der Waals surface area contributed by atoms with Crippen LogP contribution in [0, 0.1) is 5.92 Å². The van der Waals surface area contributed by atoms with Crippen molar-refractivity contribution in [2.45, 2.75) is 19.4 Å². The summed E-state index contributed by atoms with van der Waals surface area (Å²) in [4.78, 5) is 13.2. The predicted octanol–water partition coefficient (Wildman–Crippen LogP) is 1.71. The Morgan fingerprint density at radius 3 is 3.05 bits per heavy atom. The number of likely N-dealkylation sites (tertiary alicyclic amines) is 1. The van der Waals surface area contributed by atoms with E-state index in [0.717, 1.165) is 43.0 Å². The van der Waals surface area contributed by atoms with E-state index in [-0.39, 0.29) is 12.7 Å². The van der Waals surface area contributed by atoms with Crippen molar-refractivity contribution in [2.24, 2.45) is 5.92 Å². The molecular weight excluding hydrogens is 246 g/mol. The predicted molar refractivity (Wildman–Crippen MR) is 68.2 cm³/mol. The third-order valence-corrected chi connectivity index (χ3v) is 3.70. The van der Waals surface area contributed by atoms with Crippen molar-refractivity contribution in [3.8, 4) is 11.5 Å². The number of benzene rings is 1. The summed E-state index contributed by atoms with van der Waals surface area (Å²) in [7, 11) is 0. The topological polar surface area (TPSA) is 59.0 Å². The van der Waals surface area contributed by atoms with Crippen molar-refractivity contribution < 1.29 is 19.4 Å². The Bertz CT molecular complexity index is 488. The number of carboxylic acid groups (broad SMARTS) is 1. The third-order valence-electron chi connectivity index (χ3n) is 3.70. The molecule has 0 amide bonds. The van der Waals surface area contributed by atoms with Gasteiger partial charge >= 0.3 is 5.97 Å². The normalized spacial score (nSPS) is 22.4. The van der Waals surface area contributed by atoms with Gasteiger partial charge in [0.25, 0.3) is 0 Å². The van der Waals surface area contributed by atoms with E-state index < -0.39 is 5.97 Å². The Hall–Kier alpha value is -1.75. The van der Waals surface area contributed by atoms with Gasteiger partial charge in [-0.1, -0.05) is 6.07 Å². The molecular formula is C14H17NO4. The lowest BCUT2D eigenvalue weighted by molar-refractivity contribution is -0.143. The molecule has 0 saturated carbocycles. The summed E-state index contributed by atoms with van der Waals surface area (Å²) in [5.74, 6) is 0.647. The second-order valence-corrected chi connectivity index (χ2v) is 5.10. The lowest BCUT2D eigenvalue weighted by atomic mass is 9.98. The number of fused-ring (bicyclic) bond motifs is 1. The van der Waals surface area contributed by atoms with E-state index in [1.165, 1.54) is 0 Å². The maximum atomic E-state index is 11.0. The number of rotatable bonds is 3. The van der Waals surface area contributed by atoms with Crippen LogP contribution in [0.1, 0.15) is 18.4 Å². The molecule has 0 aromatic heterocycles. The van der Waals surface area contributed by atoms with Gasteiger partial charge in [-0.15, -0.1) is 0 Å². The van der Waals surface area contributed by atoms with E-state index >= 15 is 0 Å². The standard InChI is InChI=1S/C14H17NO4/c16-14(17)11-2-1-5-15(8-11)7-10-3-4-12-13(6-10)19-9-18-12/h3-4,6,11H,1-2,5,7-9H2,(H,16,17). The molecule has 0 spiro atoms. The van der Waals surface area contributed by atoms with Crippen molar-refractivity contribution in [1.82, 2.24) is 4.90 Å². The van der Waals surface area contributed by atoms with Gasteiger partial charge in [0.1, 0.15) is 0 Å². The van der Waals surface area contributed by atoms with Gasteiger partial charge in [-0.25, -0.2) is 0 Å².